The number of methoxy groups -OCH3 is 1. The van der Waals surface area contributed by atoms with Crippen molar-refractivity contribution < 1.29 is 19.1 Å². The predicted octanol–water partition coefficient (Wildman–Crippen LogP) is 3.65. The molecule has 0 radical (unpaired) electrons. The number of thiocarbonyl (C=S) groups is 1. The quantitative estimate of drug-likeness (QED) is 0.597. The van der Waals surface area contributed by atoms with Gasteiger partial charge in [0.1, 0.15) is 5.75 Å². The number of carbonyl (C=O) groups excluding carboxylic acids is 2. The van der Waals surface area contributed by atoms with Crippen molar-refractivity contribution in [3.8, 4) is 5.75 Å². The highest BCUT2D eigenvalue weighted by atomic mass is 35.5. The first-order valence-corrected chi connectivity index (χ1v) is 8.46. The van der Waals surface area contributed by atoms with Gasteiger partial charge in [0.25, 0.3) is 5.91 Å². The highest BCUT2D eigenvalue weighted by Crippen LogP contribution is 2.24. The molecule has 0 heterocycles. The van der Waals surface area contributed by atoms with E-state index in [0.717, 1.165) is 0 Å². The van der Waals surface area contributed by atoms with Gasteiger partial charge in [0.2, 0.25) is 0 Å². The fourth-order valence-electron chi connectivity index (χ4n) is 2.05. The van der Waals surface area contributed by atoms with Crippen molar-refractivity contribution in [2.75, 3.05) is 19.0 Å². The largest absolute Gasteiger partial charge is 0.495 e. The molecular weight excluding hydrogens is 376 g/mol. The molecule has 136 valence electrons. The zero-order valence-corrected chi connectivity index (χ0v) is 15.7. The van der Waals surface area contributed by atoms with Crippen LogP contribution in [0.25, 0.3) is 0 Å². The van der Waals surface area contributed by atoms with Crippen molar-refractivity contribution in [1.29, 1.82) is 0 Å². The van der Waals surface area contributed by atoms with Crippen LogP contribution in [0.2, 0.25) is 5.02 Å². The average Bonchev–Trinajstić information content (AvgIpc) is 2.62. The monoisotopic (exact) mass is 392 g/mol. The summed E-state index contributed by atoms with van der Waals surface area (Å²) in [7, 11) is 1.49. The first kappa shape index (κ1) is 19.7. The van der Waals surface area contributed by atoms with Crippen LogP contribution < -0.4 is 15.4 Å². The minimum atomic E-state index is -0.407. The molecule has 2 rings (SSSR count). The molecule has 0 atom stereocenters. The van der Waals surface area contributed by atoms with Crippen LogP contribution in [-0.2, 0) is 4.74 Å². The third-order valence-corrected chi connectivity index (χ3v) is 3.79. The van der Waals surface area contributed by atoms with Crippen molar-refractivity contribution in [2.45, 2.75) is 6.92 Å². The van der Waals surface area contributed by atoms with Gasteiger partial charge in [-0.15, -0.1) is 0 Å². The number of benzene rings is 2. The molecule has 2 N–H and O–H groups in total. The molecule has 8 heteroatoms. The molecular formula is C18H17ClN2O4S. The molecule has 0 unspecified atom stereocenters. The third kappa shape index (κ3) is 5.18. The highest BCUT2D eigenvalue weighted by Gasteiger charge is 2.11. The zero-order valence-electron chi connectivity index (χ0n) is 14.2. The van der Waals surface area contributed by atoms with Crippen LogP contribution in [0.1, 0.15) is 27.6 Å². The van der Waals surface area contributed by atoms with Crippen molar-refractivity contribution in [3.05, 3.63) is 58.6 Å². The van der Waals surface area contributed by atoms with Crippen molar-refractivity contribution >= 4 is 46.5 Å². The number of halogens is 1. The van der Waals surface area contributed by atoms with Crippen LogP contribution >= 0.6 is 23.8 Å². The average molecular weight is 393 g/mol. The molecule has 0 bridgehead atoms. The van der Waals surface area contributed by atoms with Crippen molar-refractivity contribution in [1.82, 2.24) is 5.32 Å². The summed E-state index contributed by atoms with van der Waals surface area (Å²) in [5, 5.41) is 5.87. The lowest BCUT2D eigenvalue weighted by molar-refractivity contribution is 0.0526. The van der Waals surface area contributed by atoms with Crippen LogP contribution in [0.15, 0.2) is 42.5 Å². The lowest BCUT2D eigenvalue weighted by Gasteiger charge is -2.11. The zero-order chi connectivity index (χ0) is 19.1. The summed E-state index contributed by atoms with van der Waals surface area (Å²) < 4.78 is 9.96. The summed E-state index contributed by atoms with van der Waals surface area (Å²) >= 11 is 11.1. The second-order valence-electron chi connectivity index (χ2n) is 5.06. The van der Waals surface area contributed by atoms with Gasteiger partial charge in [-0.1, -0.05) is 11.6 Å². The second-order valence-corrected chi connectivity index (χ2v) is 5.87. The fourth-order valence-corrected chi connectivity index (χ4v) is 2.52. The molecule has 2 aromatic rings. The summed E-state index contributed by atoms with van der Waals surface area (Å²) in [6, 6.07) is 11.2. The Morgan fingerprint density at radius 1 is 1.12 bits per heavy atom. The van der Waals surface area contributed by atoms with E-state index >= 15 is 0 Å². The number of hydrogen-bond donors (Lipinski definition) is 2. The number of hydrogen-bond acceptors (Lipinski definition) is 5. The number of amides is 1. The van der Waals surface area contributed by atoms with Gasteiger partial charge in [-0.2, -0.15) is 0 Å². The molecule has 0 saturated heterocycles. The Kier molecular flexibility index (Phi) is 6.94. The topological polar surface area (TPSA) is 76.7 Å². The Labute approximate surface area is 161 Å². The molecule has 0 aliphatic heterocycles. The lowest BCUT2D eigenvalue weighted by atomic mass is 10.2. The standard InChI is InChI=1S/C18H17ClN2O4S/c1-3-25-17(23)11-4-7-13(8-5-11)20-18(26)21-16(22)12-6-9-15(24-2)14(19)10-12/h4-10H,3H2,1-2H3,(H2,20,21,22,26). The van der Waals surface area contributed by atoms with E-state index in [-0.39, 0.29) is 5.11 Å². The number of anilines is 1. The molecule has 0 aromatic heterocycles. The first-order valence-electron chi connectivity index (χ1n) is 7.67. The molecule has 0 spiro atoms. The van der Waals surface area contributed by atoms with Crippen molar-refractivity contribution in [2.24, 2.45) is 0 Å². The summed E-state index contributed by atoms with van der Waals surface area (Å²) in [5.41, 5.74) is 1.40. The molecule has 26 heavy (non-hydrogen) atoms. The maximum Gasteiger partial charge on any atom is 0.338 e. The SMILES string of the molecule is CCOC(=O)c1ccc(NC(=S)NC(=O)c2ccc(OC)c(Cl)c2)cc1. The van der Waals surface area contributed by atoms with E-state index in [0.29, 0.717) is 34.2 Å². The van der Waals surface area contributed by atoms with Gasteiger partial charge in [-0.05, 0) is 61.6 Å². The van der Waals surface area contributed by atoms with E-state index in [4.69, 9.17) is 33.3 Å². The van der Waals surface area contributed by atoms with E-state index in [2.05, 4.69) is 10.6 Å². The highest BCUT2D eigenvalue weighted by molar-refractivity contribution is 7.80. The van der Waals surface area contributed by atoms with Gasteiger partial charge in [0, 0.05) is 11.3 Å². The van der Waals surface area contributed by atoms with Gasteiger partial charge in [-0.25, -0.2) is 4.79 Å². The Balaban J connectivity index is 1.96. The van der Waals surface area contributed by atoms with Crippen LogP contribution in [0.5, 0.6) is 5.75 Å². The van der Waals surface area contributed by atoms with Gasteiger partial charge >= 0.3 is 5.97 Å². The van der Waals surface area contributed by atoms with E-state index in [1.54, 1.807) is 43.3 Å². The van der Waals surface area contributed by atoms with Crippen LogP contribution in [0.4, 0.5) is 5.69 Å². The maximum absolute atomic E-state index is 12.2. The normalized spacial score (nSPS) is 9.96. The van der Waals surface area contributed by atoms with E-state index in [9.17, 15) is 9.59 Å². The molecule has 6 nitrogen and oxygen atoms in total. The maximum atomic E-state index is 12.2. The fraction of sp³-hybridized carbons (Fsp3) is 0.167. The minimum absolute atomic E-state index is 0.117. The Hall–Kier alpha value is -2.64. The Morgan fingerprint density at radius 3 is 2.35 bits per heavy atom. The Morgan fingerprint density at radius 2 is 1.77 bits per heavy atom. The number of rotatable bonds is 5. The number of carbonyl (C=O) groups is 2. The molecule has 0 aliphatic rings. The lowest BCUT2D eigenvalue weighted by Crippen LogP contribution is -2.34. The van der Waals surface area contributed by atoms with E-state index < -0.39 is 11.9 Å². The summed E-state index contributed by atoms with van der Waals surface area (Å²) in [5.74, 6) is -0.327. The molecule has 0 saturated carbocycles. The van der Waals surface area contributed by atoms with E-state index in [1.807, 2.05) is 0 Å². The van der Waals surface area contributed by atoms with Gasteiger partial charge in [0.15, 0.2) is 5.11 Å². The van der Waals surface area contributed by atoms with Crippen LogP contribution in [0.3, 0.4) is 0 Å². The third-order valence-electron chi connectivity index (χ3n) is 3.29. The summed E-state index contributed by atoms with van der Waals surface area (Å²) in [6.07, 6.45) is 0. The van der Waals surface area contributed by atoms with Gasteiger partial charge < -0.3 is 14.8 Å². The number of ether oxygens (including phenoxy) is 2. The van der Waals surface area contributed by atoms with E-state index in [1.165, 1.54) is 13.2 Å². The van der Waals surface area contributed by atoms with Crippen LogP contribution in [0, 0.1) is 0 Å². The van der Waals surface area contributed by atoms with Crippen molar-refractivity contribution in [3.63, 3.8) is 0 Å². The number of nitrogens with one attached hydrogen (secondary N) is 2. The predicted molar refractivity (Wildman–Crippen MR) is 104 cm³/mol. The van der Waals surface area contributed by atoms with Crippen LogP contribution in [-0.4, -0.2) is 30.7 Å². The number of esters is 1. The van der Waals surface area contributed by atoms with Gasteiger partial charge in [-0.3, -0.25) is 10.1 Å². The minimum Gasteiger partial charge on any atom is -0.495 e. The summed E-state index contributed by atoms with van der Waals surface area (Å²) in [4.78, 5) is 23.8. The molecule has 2 aromatic carbocycles. The summed E-state index contributed by atoms with van der Waals surface area (Å²) in [6.45, 7) is 2.05. The smallest absolute Gasteiger partial charge is 0.338 e. The van der Waals surface area contributed by atoms with Gasteiger partial charge in [0.05, 0.1) is 24.3 Å². The molecule has 0 aliphatic carbocycles. The molecule has 1 amide bonds. The second kappa shape index (κ2) is 9.17. The molecule has 0 fully saturated rings. The Bertz CT molecular complexity index is 824. The first-order chi connectivity index (χ1) is 12.4.